The van der Waals surface area contributed by atoms with Crippen LogP contribution in [0.2, 0.25) is 0 Å². The van der Waals surface area contributed by atoms with Crippen LogP contribution in [-0.2, 0) is 0 Å². The Kier molecular flexibility index (Phi) is 4.74. The zero-order chi connectivity index (χ0) is 23.9. The number of hydrogen-bond acceptors (Lipinski definition) is 4. The summed E-state index contributed by atoms with van der Waals surface area (Å²) in [5.41, 5.74) is 11.2. The van der Waals surface area contributed by atoms with Crippen LogP contribution in [0.15, 0.2) is 164 Å². The van der Waals surface area contributed by atoms with Gasteiger partial charge in [0.15, 0.2) is 0 Å². The highest BCUT2D eigenvalue weighted by Crippen LogP contribution is 2.33. The molecule has 2 aromatic carbocycles. The summed E-state index contributed by atoms with van der Waals surface area (Å²) in [4.78, 5) is 19.8. The van der Waals surface area contributed by atoms with Crippen molar-refractivity contribution >= 4 is 34.0 Å². The zero-order valence-corrected chi connectivity index (χ0v) is 19.3. The fourth-order valence-electron chi connectivity index (χ4n) is 4.76. The largest absolute Gasteiger partial charge is 0.249 e. The third-order valence-corrected chi connectivity index (χ3v) is 6.39. The second-order valence-corrected chi connectivity index (χ2v) is 8.79. The van der Waals surface area contributed by atoms with Crippen molar-refractivity contribution in [3.05, 3.63) is 155 Å². The summed E-state index contributed by atoms with van der Waals surface area (Å²) >= 11 is 0. The zero-order valence-electron chi connectivity index (χ0n) is 19.3. The number of fused-ring (bicyclic) bond motifs is 4. The first-order chi connectivity index (χ1) is 17.8. The third kappa shape index (κ3) is 3.65. The van der Waals surface area contributed by atoms with Crippen LogP contribution in [0.1, 0.15) is 11.1 Å². The van der Waals surface area contributed by atoms with Gasteiger partial charge in [-0.2, -0.15) is 0 Å². The Bertz CT molecular complexity index is 1640. The molecule has 36 heavy (non-hydrogen) atoms. The minimum atomic E-state index is 0.868. The van der Waals surface area contributed by atoms with Gasteiger partial charge in [0.1, 0.15) is 0 Å². The first-order valence-electron chi connectivity index (χ1n) is 11.9. The maximum absolute atomic E-state index is 5.15. The second kappa shape index (κ2) is 8.36. The molecule has 0 aromatic heterocycles. The molecular formula is C32H20N4. The van der Waals surface area contributed by atoms with Crippen molar-refractivity contribution < 1.29 is 0 Å². The number of nitrogens with zero attached hydrogens (tertiary/aromatic N) is 4. The molecule has 8 bridgehead atoms. The highest BCUT2D eigenvalue weighted by molar-refractivity contribution is 6.36. The van der Waals surface area contributed by atoms with Crippen LogP contribution < -0.4 is 0 Å². The number of allylic oxidation sites excluding steroid dienone is 12. The molecular weight excluding hydrogens is 440 g/mol. The van der Waals surface area contributed by atoms with Crippen molar-refractivity contribution in [3.8, 4) is 0 Å². The molecule has 168 valence electrons. The second-order valence-electron chi connectivity index (χ2n) is 8.79. The normalized spacial score (nSPS) is 19.4. The van der Waals surface area contributed by atoms with Gasteiger partial charge < -0.3 is 0 Å². The predicted molar refractivity (Wildman–Crippen MR) is 149 cm³/mol. The molecule has 5 aliphatic heterocycles. The highest BCUT2D eigenvalue weighted by atomic mass is 14.9. The monoisotopic (exact) mass is 460 g/mol. The van der Waals surface area contributed by atoms with Crippen LogP contribution in [0.3, 0.4) is 0 Å². The van der Waals surface area contributed by atoms with E-state index >= 15 is 0 Å². The molecule has 0 N–H and O–H groups in total. The Balaban J connectivity index is 1.51. The molecule has 4 nitrogen and oxygen atoms in total. The maximum Gasteiger partial charge on any atom is 0.0738 e. The van der Waals surface area contributed by atoms with E-state index in [2.05, 4.69) is 48.6 Å². The molecule has 0 spiro atoms. The SMILES string of the molecule is C1=CC2=NC1=CC1=NC(=C(c3ccccc3)C3=NC(=C(c4ccccc4)C4=NC(=C2)C=C4)C=C3)C=C1. The lowest BCUT2D eigenvalue weighted by Gasteiger charge is -2.10. The number of benzene rings is 2. The van der Waals surface area contributed by atoms with Crippen molar-refractivity contribution in [2.45, 2.75) is 0 Å². The fourth-order valence-corrected chi connectivity index (χ4v) is 4.76. The minimum absolute atomic E-state index is 0.868. The third-order valence-electron chi connectivity index (χ3n) is 6.39. The molecule has 0 amide bonds. The lowest BCUT2D eigenvalue weighted by Crippen LogP contribution is -2.01. The van der Waals surface area contributed by atoms with Crippen LogP contribution >= 0.6 is 0 Å². The van der Waals surface area contributed by atoms with Gasteiger partial charge in [-0.25, -0.2) is 20.0 Å². The molecule has 2 aromatic rings. The molecule has 5 aliphatic rings. The van der Waals surface area contributed by atoms with Crippen LogP contribution in [0.5, 0.6) is 0 Å². The molecule has 0 saturated heterocycles. The van der Waals surface area contributed by atoms with Crippen molar-refractivity contribution in [2.24, 2.45) is 20.0 Å². The summed E-state index contributed by atoms with van der Waals surface area (Å²) in [6.07, 6.45) is 20.4. The predicted octanol–water partition coefficient (Wildman–Crippen LogP) is 6.63. The summed E-state index contributed by atoms with van der Waals surface area (Å²) in [7, 11) is 0. The Hall–Kier alpha value is -4.96. The van der Waals surface area contributed by atoms with E-state index in [1.54, 1.807) is 0 Å². The summed E-state index contributed by atoms with van der Waals surface area (Å²) in [6.45, 7) is 0. The molecule has 0 aliphatic carbocycles. The van der Waals surface area contributed by atoms with E-state index in [1.165, 1.54) is 0 Å². The number of rotatable bonds is 2. The molecule has 0 fully saturated rings. The Labute approximate surface area is 209 Å². The lowest BCUT2D eigenvalue weighted by atomic mass is 9.99. The van der Waals surface area contributed by atoms with Crippen molar-refractivity contribution in [2.75, 3.05) is 0 Å². The lowest BCUT2D eigenvalue weighted by molar-refractivity contribution is 1.41. The quantitative estimate of drug-likeness (QED) is 0.483. The van der Waals surface area contributed by atoms with Gasteiger partial charge >= 0.3 is 0 Å². The molecule has 0 saturated carbocycles. The Morgan fingerprint density at radius 2 is 0.889 bits per heavy atom. The van der Waals surface area contributed by atoms with Gasteiger partial charge in [0.25, 0.3) is 0 Å². The van der Waals surface area contributed by atoms with Crippen molar-refractivity contribution in [1.82, 2.24) is 0 Å². The van der Waals surface area contributed by atoms with Gasteiger partial charge in [0, 0.05) is 11.1 Å². The van der Waals surface area contributed by atoms with E-state index in [4.69, 9.17) is 20.0 Å². The molecule has 0 unspecified atom stereocenters. The average Bonchev–Trinajstić information content (AvgIpc) is 3.72. The first kappa shape index (κ1) is 20.4. The van der Waals surface area contributed by atoms with Crippen LogP contribution in [0.25, 0.3) is 11.1 Å². The van der Waals surface area contributed by atoms with E-state index in [0.717, 1.165) is 67.9 Å². The molecule has 0 atom stereocenters. The summed E-state index contributed by atoms with van der Waals surface area (Å²) in [6, 6.07) is 20.7. The van der Waals surface area contributed by atoms with Crippen LogP contribution in [0, 0.1) is 0 Å². The van der Waals surface area contributed by atoms with E-state index in [0.29, 0.717) is 0 Å². The number of aliphatic imine (C=N–C) groups is 4. The molecule has 4 heteroatoms. The standard InChI is InChI=1S/C32H20N4/c1-3-7-21(8-4-1)31-27-15-13-25(34-27)19-23-11-12-24(33-23)20-26-14-16-28(35-26)32(22-9-5-2-6-10-22)30-18-17-29(31)36-30/h1-20H. The topological polar surface area (TPSA) is 49.4 Å². The van der Waals surface area contributed by atoms with Gasteiger partial charge in [-0.05, 0) is 71.9 Å². The molecule has 7 rings (SSSR count). The minimum Gasteiger partial charge on any atom is -0.249 e. The van der Waals surface area contributed by atoms with Gasteiger partial charge in [-0.3, -0.25) is 0 Å². The molecule has 5 heterocycles. The van der Waals surface area contributed by atoms with E-state index < -0.39 is 0 Å². The fraction of sp³-hybridized carbons (Fsp3) is 0. The van der Waals surface area contributed by atoms with E-state index in [9.17, 15) is 0 Å². The highest BCUT2D eigenvalue weighted by Gasteiger charge is 2.23. The summed E-state index contributed by atoms with van der Waals surface area (Å²) < 4.78 is 0. The average molecular weight is 461 g/mol. The van der Waals surface area contributed by atoms with Gasteiger partial charge in [-0.1, -0.05) is 60.7 Å². The van der Waals surface area contributed by atoms with Crippen molar-refractivity contribution in [3.63, 3.8) is 0 Å². The summed E-state index contributed by atoms with van der Waals surface area (Å²) in [5.74, 6) is 0. The summed E-state index contributed by atoms with van der Waals surface area (Å²) in [5, 5.41) is 0. The Morgan fingerprint density at radius 1 is 0.389 bits per heavy atom. The van der Waals surface area contributed by atoms with Crippen LogP contribution in [-0.4, -0.2) is 22.8 Å². The smallest absolute Gasteiger partial charge is 0.0738 e. The first-order valence-corrected chi connectivity index (χ1v) is 11.9. The van der Waals surface area contributed by atoms with Crippen molar-refractivity contribution in [1.29, 1.82) is 0 Å². The van der Waals surface area contributed by atoms with Gasteiger partial charge in [0.05, 0.1) is 45.6 Å². The maximum atomic E-state index is 5.15. The van der Waals surface area contributed by atoms with Crippen LogP contribution in [0.4, 0.5) is 0 Å². The number of hydrogen-bond donors (Lipinski definition) is 0. The molecule has 0 radical (unpaired) electrons. The Morgan fingerprint density at radius 3 is 1.61 bits per heavy atom. The van der Waals surface area contributed by atoms with E-state index in [1.807, 2.05) is 72.9 Å². The van der Waals surface area contributed by atoms with Gasteiger partial charge in [0.2, 0.25) is 0 Å². The van der Waals surface area contributed by atoms with E-state index in [-0.39, 0.29) is 0 Å². The van der Waals surface area contributed by atoms with Gasteiger partial charge in [-0.15, -0.1) is 0 Å².